The van der Waals surface area contributed by atoms with Gasteiger partial charge in [0.15, 0.2) is 17.0 Å². The van der Waals surface area contributed by atoms with E-state index >= 15 is 0 Å². The molecule has 0 unspecified atom stereocenters. The maximum atomic E-state index is 4.50. The van der Waals surface area contributed by atoms with Crippen LogP contribution in [0.15, 0.2) is 36.9 Å². The number of aromatic nitrogens is 4. The van der Waals surface area contributed by atoms with E-state index < -0.39 is 0 Å². The minimum atomic E-state index is 0.865. The molecule has 0 saturated heterocycles. The standard InChI is InChI=1S/C15H15N5/c1-2-19-10-18-13-14(19)16-9-17-15(13)20-8-7-11-5-3-4-6-12(11)20/h3-6,9-10H,2,7-8H2,1H3. The van der Waals surface area contributed by atoms with Gasteiger partial charge in [-0.05, 0) is 25.0 Å². The highest BCUT2D eigenvalue weighted by molar-refractivity contribution is 5.87. The molecule has 5 nitrogen and oxygen atoms in total. The fraction of sp³-hybridized carbons (Fsp3) is 0.267. The molecular weight excluding hydrogens is 250 g/mol. The first-order valence-corrected chi connectivity index (χ1v) is 6.89. The molecule has 0 atom stereocenters. The Labute approximate surface area is 116 Å². The van der Waals surface area contributed by atoms with Crippen LogP contribution in [-0.2, 0) is 13.0 Å². The van der Waals surface area contributed by atoms with Crippen LogP contribution in [0.5, 0.6) is 0 Å². The first-order chi connectivity index (χ1) is 9.88. The minimum absolute atomic E-state index is 0.865. The van der Waals surface area contributed by atoms with Crippen LogP contribution in [0.3, 0.4) is 0 Å². The van der Waals surface area contributed by atoms with Crippen molar-refractivity contribution in [3.8, 4) is 0 Å². The number of anilines is 2. The zero-order valence-electron chi connectivity index (χ0n) is 11.3. The molecule has 0 spiro atoms. The van der Waals surface area contributed by atoms with E-state index in [4.69, 9.17) is 0 Å². The van der Waals surface area contributed by atoms with Crippen molar-refractivity contribution < 1.29 is 0 Å². The zero-order chi connectivity index (χ0) is 13.5. The van der Waals surface area contributed by atoms with Gasteiger partial charge in [0.1, 0.15) is 6.33 Å². The molecule has 0 radical (unpaired) electrons. The summed E-state index contributed by atoms with van der Waals surface area (Å²) in [5, 5.41) is 0. The first-order valence-electron chi connectivity index (χ1n) is 6.89. The maximum Gasteiger partial charge on any atom is 0.165 e. The largest absolute Gasteiger partial charge is 0.324 e. The normalized spacial score (nSPS) is 13.9. The van der Waals surface area contributed by atoms with Crippen LogP contribution in [0, 0.1) is 0 Å². The van der Waals surface area contributed by atoms with Crippen LogP contribution in [-0.4, -0.2) is 26.1 Å². The van der Waals surface area contributed by atoms with Crippen LogP contribution in [0.2, 0.25) is 0 Å². The molecule has 0 bridgehead atoms. The Kier molecular flexibility index (Phi) is 2.45. The molecule has 2 aromatic heterocycles. The first kappa shape index (κ1) is 11.4. The summed E-state index contributed by atoms with van der Waals surface area (Å²) >= 11 is 0. The van der Waals surface area contributed by atoms with Gasteiger partial charge in [0.2, 0.25) is 0 Å². The number of fused-ring (bicyclic) bond motifs is 2. The summed E-state index contributed by atoms with van der Waals surface area (Å²) in [6.45, 7) is 3.90. The van der Waals surface area contributed by atoms with Gasteiger partial charge in [-0.25, -0.2) is 15.0 Å². The van der Waals surface area contributed by atoms with Crippen molar-refractivity contribution >= 4 is 22.7 Å². The highest BCUT2D eigenvalue weighted by atomic mass is 15.2. The zero-order valence-corrected chi connectivity index (χ0v) is 11.3. The molecule has 0 saturated carbocycles. The van der Waals surface area contributed by atoms with E-state index in [9.17, 15) is 0 Å². The van der Waals surface area contributed by atoms with Gasteiger partial charge in [0.05, 0.1) is 6.33 Å². The van der Waals surface area contributed by atoms with Crippen molar-refractivity contribution in [2.75, 3.05) is 11.4 Å². The number of benzene rings is 1. The molecule has 1 aliphatic rings. The van der Waals surface area contributed by atoms with Gasteiger partial charge >= 0.3 is 0 Å². The molecule has 5 heteroatoms. The van der Waals surface area contributed by atoms with E-state index in [0.29, 0.717) is 0 Å². The lowest BCUT2D eigenvalue weighted by molar-refractivity contribution is 0.777. The van der Waals surface area contributed by atoms with E-state index in [2.05, 4.69) is 51.0 Å². The molecule has 0 N–H and O–H groups in total. The molecule has 1 aromatic carbocycles. The predicted octanol–water partition coefficient (Wildman–Crippen LogP) is 2.54. The molecule has 4 rings (SSSR count). The lowest BCUT2D eigenvalue weighted by Crippen LogP contribution is -2.15. The Morgan fingerprint density at radius 3 is 2.95 bits per heavy atom. The Bertz CT molecular complexity index is 777. The number of imidazole rings is 1. The SMILES string of the molecule is CCn1cnc2c(N3CCc4ccccc43)ncnc21. The summed E-state index contributed by atoms with van der Waals surface area (Å²) < 4.78 is 2.04. The fourth-order valence-corrected chi connectivity index (χ4v) is 2.86. The van der Waals surface area contributed by atoms with Crippen molar-refractivity contribution in [2.45, 2.75) is 19.9 Å². The smallest absolute Gasteiger partial charge is 0.165 e. The van der Waals surface area contributed by atoms with Gasteiger partial charge in [0.25, 0.3) is 0 Å². The number of para-hydroxylation sites is 1. The number of aryl methyl sites for hydroxylation is 1. The summed E-state index contributed by atoms with van der Waals surface area (Å²) in [5.41, 5.74) is 4.39. The second-order valence-electron chi connectivity index (χ2n) is 4.93. The Balaban J connectivity index is 1.90. The third-order valence-corrected chi connectivity index (χ3v) is 3.87. The maximum absolute atomic E-state index is 4.50. The Morgan fingerprint density at radius 2 is 2.05 bits per heavy atom. The van der Waals surface area contributed by atoms with Crippen LogP contribution in [0.1, 0.15) is 12.5 Å². The fourth-order valence-electron chi connectivity index (χ4n) is 2.86. The lowest BCUT2D eigenvalue weighted by Gasteiger charge is -2.18. The van der Waals surface area contributed by atoms with E-state index in [1.807, 2.05) is 10.9 Å². The molecule has 0 amide bonds. The highest BCUT2D eigenvalue weighted by Crippen LogP contribution is 2.35. The van der Waals surface area contributed by atoms with Crippen molar-refractivity contribution in [3.05, 3.63) is 42.5 Å². The predicted molar refractivity (Wildman–Crippen MR) is 78.1 cm³/mol. The Hall–Kier alpha value is -2.43. The van der Waals surface area contributed by atoms with E-state index in [1.54, 1.807) is 6.33 Å². The molecular formula is C15H15N5. The van der Waals surface area contributed by atoms with Gasteiger partial charge in [-0.2, -0.15) is 0 Å². The van der Waals surface area contributed by atoms with Gasteiger partial charge < -0.3 is 9.47 Å². The molecule has 0 aliphatic carbocycles. The third kappa shape index (κ3) is 1.52. The summed E-state index contributed by atoms with van der Waals surface area (Å²) in [5.74, 6) is 0.909. The average Bonchev–Trinajstić information content (AvgIpc) is 3.10. The quantitative estimate of drug-likeness (QED) is 0.714. The van der Waals surface area contributed by atoms with Crippen LogP contribution in [0.25, 0.3) is 11.2 Å². The molecule has 3 heterocycles. The van der Waals surface area contributed by atoms with Crippen molar-refractivity contribution in [3.63, 3.8) is 0 Å². The van der Waals surface area contributed by atoms with Crippen molar-refractivity contribution in [2.24, 2.45) is 0 Å². The highest BCUT2D eigenvalue weighted by Gasteiger charge is 2.23. The number of nitrogens with zero attached hydrogens (tertiary/aromatic N) is 5. The summed E-state index contributed by atoms with van der Waals surface area (Å²) in [6, 6.07) is 8.48. The van der Waals surface area contributed by atoms with Gasteiger partial charge in [-0.1, -0.05) is 18.2 Å². The van der Waals surface area contributed by atoms with Crippen molar-refractivity contribution in [1.29, 1.82) is 0 Å². The van der Waals surface area contributed by atoms with Gasteiger partial charge in [-0.3, -0.25) is 0 Å². The van der Waals surface area contributed by atoms with Gasteiger partial charge in [-0.15, -0.1) is 0 Å². The summed E-state index contributed by atoms with van der Waals surface area (Å²) in [6.07, 6.45) is 4.52. The number of hydrogen-bond acceptors (Lipinski definition) is 4. The number of rotatable bonds is 2. The van der Waals surface area contributed by atoms with Crippen LogP contribution in [0.4, 0.5) is 11.5 Å². The second-order valence-corrected chi connectivity index (χ2v) is 4.93. The lowest BCUT2D eigenvalue weighted by atomic mass is 10.2. The van der Waals surface area contributed by atoms with Crippen LogP contribution >= 0.6 is 0 Å². The molecule has 100 valence electrons. The van der Waals surface area contributed by atoms with E-state index in [-0.39, 0.29) is 0 Å². The Morgan fingerprint density at radius 1 is 1.15 bits per heavy atom. The molecule has 0 fully saturated rings. The number of hydrogen-bond donors (Lipinski definition) is 0. The molecule has 3 aromatic rings. The van der Waals surface area contributed by atoms with Crippen molar-refractivity contribution in [1.82, 2.24) is 19.5 Å². The second kappa shape index (κ2) is 4.30. The minimum Gasteiger partial charge on any atom is -0.324 e. The van der Waals surface area contributed by atoms with E-state index in [0.717, 1.165) is 36.5 Å². The molecule has 1 aliphatic heterocycles. The average molecular weight is 265 g/mol. The third-order valence-electron chi connectivity index (χ3n) is 3.87. The topological polar surface area (TPSA) is 46.8 Å². The van der Waals surface area contributed by atoms with Crippen LogP contribution < -0.4 is 4.90 Å². The van der Waals surface area contributed by atoms with E-state index in [1.165, 1.54) is 11.3 Å². The summed E-state index contributed by atoms with van der Waals surface area (Å²) in [7, 11) is 0. The van der Waals surface area contributed by atoms with Gasteiger partial charge in [0, 0.05) is 18.8 Å². The summed E-state index contributed by atoms with van der Waals surface area (Å²) in [4.78, 5) is 15.6. The molecule has 20 heavy (non-hydrogen) atoms. The monoisotopic (exact) mass is 265 g/mol.